The Labute approximate surface area is 321 Å². The van der Waals surface area contributed by atoms with Crippen molar-refractivity contribution in [3.05, 3.63) is 36.5 Å². The number of quaternary nitrogens is 1. The molecule has 306 valence electrons. The summed E-state index contributed by atoms with van der Waals surface area (Å²) >= 11 is 0. The van der Waals surface area contributed by atoms with Crippen LogP contribution in [-0.2, 0) is 18.4 Å². The quantitative estimate of drug-likeness (QED) is 0.0251. The molecule has 3 unspecified atom stereocenters. The molecule has 0 saturated heterocycles. The Bertz CT molecular complexity index is 948. The molecule has 52 heavy (non-hydrogen) atoms. The van der Waals surface area contributed by atoms with Crippen molar-refractivity contribution >= 4 is 13.7 Å². The number of carbonyl (C=O) groups excluding carboxylic acids is 1. The van der Waals surface area contributed by atoms with Crippen LogP contribution in [0.5, 0.6) is 0 Å². The summed E-state index contributed by atoms with van der Waals surface area (Å²) in [5.74, 6) is -0.194. The van der Waals surface area contributed by atoms with E-state index in [1.807, 2.05) is 27.2 Å². The van der Waals surface area contributed by atoms with E-state index in [0.29, 0.717) is 17.4 Å². The number of rotatable bonds is 38. The molecule has 0 bridgehead atoms. The van der Waals surface area contributed by atoms with Crippen molar-refractivity contribution in [1.29, 1.82) is 0 Å². The van der Waals surface area contributed by atoms with Gasteiger partial charge in [0, 0.05) is 6.42 Å². The van der Waals surface area contributed by atoms with Gasteiger partial charge in [0.05, 0.1) is 39.9 Å². The molecule has 0 aromatic carbocycles. The number of aliphatic hydroxyl groups is 1. The Kier molecular flexibility index (Phi) is 34.6. The summed E-state index contributed by atoms with van der Waals surface area (Å²) < 4.78 is 23.5. The Morgan fingerprint density at radius 2 is 1.06 bits per heavy atom. The summed E-state index contributed by atoms with van der Waals surface area (Å²) in [6.07, 6.45) is 42.1. The molecule has 0 aliphatic heterocycles. The zero-order valence-corrected chi connectivity index (χ0v) is 35.4. The van der Waals surface area contributed by atoms with E-state index in [1.165, 1.54) is 122 Å². The van der Waals surface area contributed by atoms with Crippen molar-refractivity contribution in [2.45, 2.75) is 193 Å². The van der Waals surface area contributed by atoms with E-state index in [1.54, 1.807) is 6.08 Å². The summed E-state index contributed by atoms with van der Waals surface area (Å²) in [4.78, 5) is 23.1. The summed E-state index contributed by atoms with van der Waals surface area (Å²) in [6.45, 7) is 4.76. The Morgan fingerprint density at radius 1 is 0.635 bits per heavy atom. The maximum absolute atomic E-state index is 12.8. The molecule has 0 rings (SSSR count). The molecule has 0 aromatic heterocycles. The van der Waals surface area contributed by atoms with Crippen LogP contribution in [0.1, 0.15) is 181 Å². The van der Waals surface area contributed by atoms with Gasteiger partial charge in [0.25, 0.3) is 0 Å². The molecule has 0 aliphatic carbocycles. The molecule has 3 N–H and O–H groups in total. The smallest absolute Gasteiger partial charge is 0.387 e. The highest BCUT2D eigenvalue weighted by atomic mass is 31.2. The molecule has 0 aromatic rings. The first-order valence-corrected chi connectivity index (χ1v) is 22.9. The Hall–Kier alpha value is -1.28. The molecule has 3 atom stereocenters. The molecular formula is C43H84N2O6P+. The maximum atomic E-state index is 12.8. The number of aliphatic hydroxyl groups excluding tert-OH is 1. The predicted octanol–water partition coefficient (Wildman–Crippen LogP) is 11.5. The average molecular weight is 756 g/mol. The number of hydrogen-bond acceptors (Lipinski definition) is 5. The molecule has 0 spiro atoms. The van der Waals surface area contributed by atoms with Gasteiger partial charge in [-0.05, 0) is 57.8 Å². The summed E-state index contributed by atoms with van der Waals surface area (Å²) in [5.41, 5.74) is 0. The van der Waals surface area contributed by atoms with E-state index >= 15 is 0 Å². The van der Waals surface area contributed by atoms with E-state index in [0.717, 1.165) is 38.5 Å². The van der Waals surface area contributed by atoms with Gasteiger partial charge in [-0.25, -0.2) is 4.57 Å². The molecule has 0 radical (unpaired) electrons. The lowest BCUT2D eigenvalue weighted by atomic mass is 10.1. The third-order valence-corrected chi connectivity index (χ3v) is 10.3. The van der Waals surface area contributed by atoms with Gasteiger partial charge in [-0.3, -0.25) is 13.8 Å². The average Bonchev–Trinajstić information content (AvgIpc) is 3.09. The second-order valence-electron chi connectivity index (χ2n) is 15.7. The molecule has 1 amide bonds. The second-order valence-corrected chi connectivity index (χ2v) is 17.2. The van der Waals surface area contributed by atoms with Gasteiger partial charge in [-0.2, -0.15) is 0 Å². The van der Waals surface area contributed by atoms with Gasteiger partial charge < -0.3 is 19.8 Å². The van der Waals surface area contributed by atoms with E-state index < -0.39 is 20.0 Å². The minimum Gasteiger partial charge on any atom is -0.387 e. The molecule has 0 aliphatic rings. The largest absolute Gasteiger partial charge is 0.472 e. The van der Waals surface area contributed by atoms with Gasteiger partial charge >= 0.3 is 7.82 Å². The molecule has 0 heterocycles. The standard InChI is InChI=1S/C43H83N2O6P/c1-6-8-10-12-14-16-18-20-22-24-26-28-30-32-34-36-42(46)41(40-51-52(48,49)50-39-38-45(3,4)5)44-43(47)37-35-33-31-29-27-25-23-21-19-17-15-13-11-9-7-2/h17,19,26,28,34,36,41-42,46H,6-16,18,20-25,27,29-33,35,37-40H2,1-5H3,(H-,44,47,48,49)/p+1/b19-17-,28-26+,36-34+. The van der Waals surface area contributed by atoms with Gasteiger partial charge in [-0.15, -0.1) is 0 Å². The molecular weight excluding hydrogens is 671 g/mol. The predicted molar refractivity (Wildman–Crippen MR) is 221 cm³/mol. The van der Waals surface area contributed by atoms with Crippen molar-refractivity contribution in [3.63, 3.8) is 0 Å². The lowest BCUT2D eigenvalue weighted by Crippen LogP contribution is -2.45. The fourth-order valence-corrected chi connectivity index (χ4v) is 6.61. The zero-order valence-electron chi connectivity index (χ0n) is 34.5. The number of phosphoric acid groups is 1. The maximum Gasteiger partial charge on any atom is 0.472 e. The minimum atomic E-state index is -4.34. The lowest BCUT2D eigenvalue weighted by molar-refractivity contribution is -0.870. The van der Waals surface area contributed by atoms with E-state index in [4.69, 9.17) is 9.05 Å². The number of amides is 1. The SMILES string of the molecule is CCCCCC/C=C\CCCCCCCCCC(=O)NC(COP(=O)(O)OCC[N+](C)(C)C)C(O)/C=C/CC/C=C/CCCCCCCCCCC. The Morgan fingerprint density at radius 3 is 1.56 bits per heavy atom. The first-order chi connectivity index (χ1) is 25.0. The highest BCUT2D eigenvalue weighted by molar-refractivity contribution is 7.47. The van der Waals surface area contributed by atoms with Crippen LogP contribution in [0.4, 0.5) is 0 Å². The first kappa shape index (κ1) is 50.7. The fraction of sp³-hybridized carbons (Fsp3) is 0.837. The van der Waals surface area contributed by atoms with Crippen LogP contribution in [0.3, 0.4) is 0 Å². The minimum absolute atomic E-state index is 0.0552. The normalized spacial score (nSPS) is 14.8. The third kappa shape index (κ3) is 37.1. The van der Waals surface area contributed by atoms with Crippen LogP contribution in [0.2, 0.25) is 0 Å². The fourth-order valence-electron chi connectivity index (χ4n) is 5.87. The Balaban J connectivity index is 4.52. The topological polar surface area (TPSA) is 105 Å². The number of hydrogen-bond donors (Lipinski definition) is 3. The number of nitrogens with zero attached hydrogens (tertiary/aromatic N) is 1. The number of unbranched alkanes of at least 4 members (excludes halogenated alkanes) is 21. The highest BCUT2D eigenvalue weighted by Crippen LogP contribution is 2.43. The van der Waals surface area contributed by atoms with Crippen LogP contribution in [0.15, 0.2) is 36.5 Å². The lowest BCUT2D eigenvalue weighted by Gasteiger charge is -2.25. The van der Waals surface area contributed by atoms with Crippen LogP contribution in [-0.4, -0.2) is 73.4 Å². The van der Waals surface area contributed by atoms with E-state index in [9.17, 15) is 19.4 Å². The molecule has 0 fully saturated rings. The number of nitrogens with one attached hydrogen (secondary N) is 1. The summed E-state index contributed by atoms with van der Waals surface area (Å²) in [6, 6.07) is -0.862. The summed E-state index contributed by atoms with van der Waals surface area (Å²) in [5, 5.41) is 13.8. The number of likely N-dealkylation sites (N-methyl/N-ethyl adjacent to an activating group) is 1. The second kappa shape index (κ2) is 35.4. The number of carbonyl (C=O) groups is 1. The molecule has 0 saturated carbocycles. The van der Waals surface area contributed by atoms with Crippen LogP contribution in [0.25, 0.3) is 0 Å². The van der Waals surface area contributed by atoms with Crippen molar-refractivity contribution < 1.29 is 32.9 Å². The van der Waals surface area contributed by atoms with E-state index in [-0.39, 0.29) is 19.1 Å². The van der Waals surface area contributed by atoms with Crippen molar-refractivity contribution in [2.24, 2.45) is 0 Å². The molecule has 9 heteroatoms. The van der Waals surface area contributed by atoms with E-state index in [2.05, 4.69) is 43.5 Å². The summed E-state index contributed by atoms with van der Waals surface area (Å²) in [7, 11) is 1.55. The van der Waals surface area contributed by atoms with Gasteiger partial charge in [0.1, 0.15) is 13.2 Å². The van der Waals surface area contributed by atoms with Crippen LogP contribution >= 0.6 is 7.82 Å². The van der Waals surface area contributed by atoms with Crippen LogP contribution < -0.4 is 5.32 Å². The first-order valence-electron chi connectivity index (χ1n) is 21.4. The van der Waals surface area contributed by atoms with Crippen molar-refractivity contribution in [2.75, 3.05) is 40.9 Å². The molecule has 8 nitrogen and oxygen atoms in total. The van der Waals surface area contributed by atoms with Crippen molar-refractivity contribution in [3.8, 4) is 0 Å². The van der Waals surface area contributed by atoms with Crippen molar-refractivity contribution in [1.82, 2.24) is 5.32 Å². The number of phosphoric ester groups is 1. The number of allylic oxidation sites excluding steroid dienone is 5. The van der Waals surface area contributed by atoms with Gasteiger partial charge in [0.15, 0.2) is 0 Å². The van der Waals surface area contributed by atoms with Crippen LogP contribution in [0, 0.1) is 0 Å². The van der Waals surface area contributed by atoms with Gasteiger partial charge in [0.2, 0.25) is 5.91 Å². The third-order valence-electron chi connectivity index (χ3n) is 9.33. The van der Waals surface area contributed by atoms with Gasteiger partial charge in [-0.1, -0.05) is 153 Å². The zero-order chi connectivity index (χ0) is 38.6. The highest BCUT2D eigenvalue weighted by Gasteiger charge is 2.27. The monoisotopic (exact) mass is 756 g/mol.